The Balaban J connectivity index is 1.76. The lowest BCUT2D eigenvalue weighted by molar-refractivity contribution is -0.140. The first kappa shape index (κ1) is 16.4. The lowest BCUT2D eigenvalue weighted by Gasteiger charge is -2.03. The third-order valence-electron chi connectivity index (χ3n) is 3.89. The van der Waals surface area contributed by atoms with Gasteiger partial charge in [-0.25, -0.2) is 13.6 Å². The maximum Gasteiger partial charge on any atom is 0.338 e. The van der Waals surface area contributed by atoms with Crippen molar-refractivity contribution in [3.8, 4) is 0 Å². The van der Waals surface area contributed by atoms with Gasteiger partial charge in [-0.3, -0.25) is 4.79 Å². The monoisotopic (exact) mass is 312 g/mol. The molecule has 0 spiro atoms. The molecule has 4 nitrogen and oxygen atoms in total. The third-order valence-corrected chi connectivity index (χ3v) is 3.89. The molecule has 1 aliphatic rings. The number of carbonyl (C=O) groups is 2. The van der Waals surface area contributed by atoms with Crippen LogP contribution in [0.4, 0.5) is 8.78 Å². The zero-order valence-corrected chi connectivity index (χ0v) is 12.3. The summed E-state index contributed by atoms with van der Waals surface area (Å²) in [7, 11) is 1.26. The van der Waals surface area contributed by atoms with E-state index in [1.807, 2.05) is 0 Å². The predicted octanol–water partition coefficient (Wildman–Crippen LogP) is 3.07. The Labute approximate surface area is 127 Å². The van der Waals surface area contributed by atoms with Crippen LogP contribution >= 0.6 is 0 Å². The van der Waals surface area contributed by atoms with Gasteiger partial charge in [0.05, 0.1) is 18.6 Å². The van der Waals surface area contributed by atoms with Gasteiger partial charge in [-0.1, -0.05) is 18.2 Å². The van der Waals surface area contributed by atoms with Crippen LogP contribution in [0, 0.1) is 11.8 Å². The van der Waals surface area contributed by atoms with Crippen molar-refractivity contribution in [3.63, 3.8) is 0 Å². The van der Waals surface area contributed by atoms with Crippen LogP contribution in [0.2, 0.25) is 0 Å². The molecule has 0 aromatic heterocycles. The zero-order valence-electron chi connectivity index (χ0n) is 12.3. The quantitative estimate of drug-likeness (QED) is 0.726. The van der Waals surface area contributed by atoms with Crippen molar-refractivity contribution in [1.82, 2.24) is 0 Å². The molecule has 1 aromatic carbocycles. The van der Waals surface area contributed by atoms with Gasteiger partial charge in [-0.15, -0.1) is 0 Å². The Morgan fingerprint density at radius 2 is 1.86 bits per heavy atom. The summed E-state index contributed by atoms with van der Waals surface area (Å²) in [6, 6.07) is 8.25. The van der Waals surface area contributed by atoms with Crippen molar-refractivity contribution >= 4 is 11.9 Å². The van der Waals surface area contributed by atoms with Gasteiger partial charge < -0.3 is 9.47 Å². The van der Waals surface area contributed by atoms with E-state index in [9.17, 15) is 18.4 Å². The maximum atomic E-state index is 13.6. The number of methoxy groups -OCH3 is 1. The fourth-order valence-electron chi connectivity index (χ4n) is 2.47. The lowest BCUT2D eigenvalue weighted by Crippen LogP contribution is -2.10. The van der Waals surface area contributed by atoms with Crippen molar-refractivity contribution in [2.75, 3.05) is 13.7 Å². The number of benzene rings is 1. The van der Waals surface area contributed by atoms with Gasteiger partial charge in [-0.2, -0.15) is 0 Å². The van der Waals surface area contributed by atoms with Gasteiger partial charge in [0.25, 0.3) is 5.92 Å². The molecule has 1 saturated carbocycles. The standard InChI is InChI=1S/C16H18F2O4/c1-21-14(19)9-5-8-12-13(16(12,17)18)10-22-15(20)11-6-3-2-4-7-11/h2-4,6-7,12-13H,5,8-10H2,1H3. The first-order valence-corrected chi connectivity index (χ1v) is 7.13. The van der Waals surface area contributed by atoms with Gasteiger partial charge >= 0.3 is 11.9 Å². The zero-order chi connectivity index (χ0) is 16.2. The lowest BCUT2D eigenvalue weighted by atomic mass is 10.1. The molecule has 120 valence electrons. The van der Waals surface area contributed by atoms with Crippen molar-refractivity contribution < 1.29 is 27.8 Å². The van der Waals surface area contributed by atoms with E-state index in [0.717, 1.165) is 0 Å². The van der Waals surface area contributed by atoms with Crippen molar-refractivity contribution in [2.24, 2.45) is 11.8 Å². The van der Waals surface area contributed by atoms with E-state index >= 15 is 0 Å². The highest BCUT2D eigenvalue weighted by Crippen LogP contribution is 2.57. The Morgan fingerprint density at radius 3 is 2.50 bits per heavy atom. The highest BCUT2D eigenvalue weighted by molar-refractivity contribution is 5.89. The largest absolute Gasteiger partial charge is 0.469 e. The minimum atomic E-state index is -2.83. The SMILES string of the molecule is COC(=O)CCCC1C(COC(=O)c2ccccc2)C1(F)F. The van der Waals surface area contributed by atoms with E-state index in [1.165, 1.54) is 7.11 Å². The van der Waals surface area contributed by atoms with Crippen LogP contribution in [-0.2, 0) is 14.3 Å². The molecule has 1 aliphatic carbocycles. The summed E-state index contributed by atoms with van der Waals surface area (Å²) in [5, 5.41) is 0. The summed E-state index contributed by atoms with van der Waals surface area (Å²) < 4.78 is 36.6. The molecule has 22 heavy (non-hydrogen) atoms. The minimum absolute atomic E-state index is 0.125. The van der Waals surface area contributed by atoms with E-state index < -0.39 is 29.7 Å². The van der Waals surface area contributed by atoms with Gasteiger partial charge in [0.15, 0.2) is 0 Å². The van der Waals surface area contributed by atoms with Crippen LogP contribution < -0.4 is 0 Å². The predicted molar refractivity (Wildman–Crippen MR) is 74.5 cm³/mol. The number of hydrogen-bond donors (Lipinski definition) is 0. The van der Waals surface area contributed by atoms with Crippen molar-refractivity contribution in [1.29, 1.82) is 0 Å². The van der Waals surface area contributed by atoms with Gasteiger partial charge in [0.2, 0.25) is 0 Å². The molecule has 1 fully saturated rings. The Kier molecular flexibility index (Phi) is 5.11. The second kappa shape index (κ2) is 6.85. The molecule has 0 bridgehead atoms. The molecular weight excluding hydrogens is 294 g/mol. The normalized spacial score (nSPS) is 22.0. The van der Waals surface area contributed by atoms with Crippen LogP contribution in [0.25, 0.3) is 0 Å². The number of carbonyl (C=O) groups excluding carboxylic acids is 2. The van der Waals surface area contributed by atoms with Gasteiger partial charge in [0.1, 0.15) is 6.61 Å². The van der Waals surface area contributed by atoms with E-state index in [-0.39, 0.29) is 19.4 Å². The van der Waals surface area contributed by atoms with Crippen molar-refractivity contribution in [2.45, 2.75) is 25.2 Å². The molecule has 2 unspecified atom stereocenters. The van der Waals surface area contributed by atoms with E-state index in [2.05, 4.69) is 4.74 Å². The Bertz CT molecular complexity index is 530. The van der Waals surface area contributed by atoms with Crippen LogP contribution in [0.1, 0.15) is 29.6 Å². The average molecular weight is 312 g/mol. The van der Waals surface area contributed by atoms with E-state index in [1.54, 1.807) is 30.3 Å². The highest BCUT2D eigenvalue weighted by atomic mass is 19.3. The Hall–Kier alpha value is -1.98. The highest BCUT2D eigenvalue weighted by Gasteiger charge is 2.67. The molecule has 0 saturated heterocycles. The fraction of sp³-hybridized carbons (Fsp3) is 0.500. The summed E-state index contributed by atoms with van der Waals surface area (Å²) in [6.07, 6.45) is 0.686. The van der Waals surface area contributed by atoms with E-state index in [0.29, 0.717) is 12.0 Å². The number of esters is 2. The van der Waals surface area contributed by atoms with Crippen LogP contribution in [0.15, 0.2) is 30.3 Å². The minimum Gasteiger partial charge on any atom is -0.469 e. The van der Waals surface area contributed by atoms with Gasteiger partial charge in [-0.05, 0) is 25.0 Å². The molecule has 0 radical (unpaired) electrons. The number of halogens is 2. The summed E-state index contributed by atoms with van der Waals surface area (Å²) in [6.45, 7) is -0.302. The van der Waals surface area contributed by atoms with Crippen LogP contribution in [-0.4, -0.2) is 31.6 Å². The average Bonchev–Trinajstić information content (AvgIpc) is 3.05. The number of rotatable bonds is 7. The topological polar surface area (TPSA) is 52.6 Å². The third kappa shape index (κ3) is 3.81. The second-order valence-electron chi connectivity index (χ2n) is 5.32. The smallest absolute Gasteiger partial charge is 0.338 e. The summed E-state index contributed by atoms with van der Waals surface area (Å²) in [5.74, 6) is -5.63. The summed E-state index contributed by atoms with van der Waals surface area (Å²) in [4.78, 5) is 22.7. The van der Waals surface area contributed by atoms with Crippen molar-refractivity contribution in [3.05, 3.63) is 35.9 Å². The second-order valence-corrected chi connectivity index (χ2v) is 5.32. The number of ether oxygens (including phenoxy) is 2. The molecule has 0 aliphatic heterocycles. The first-order valence-electron chi connectivity index (χ1n) is 7.13. The summed E-state index contributed by atoms with van der Waals surface area (Å²) in [5.41, 5.74) is 0.341. The molecule has 0 amide bonds. The molecular formula is C16H18F2O4. The fourth-order valence-corrected chi connectivity index (χ4v) is 2.47. The number of hydrogen-bond acceptors (Lipinski definition) is 4. The first-order chi connectivity index (χ1) is 10.5. The van der Waals surface area contributed by atoms with Crippen LogP contribution in [0.3, 0.4) is 0 Å². The summed E-state index contributed by atoms with van der Waals surface area (Å²) >= 11 is 0. The molecule has 2 atom stereocenters. The van der Waals surface area contributed by atoms with Gasteiger partial charge in [0, 0.05) is 12.3 Å². The molecule has 6 heteroatoms. The molecule has 0 heterocycles. The molecule has 0 N–H and O–H groups in total. The maximum absolute atomic E-state index is 13.6. The van der Waals surface area contributed by atoms with Crippen LogP contribution in [0.5, 0.6) is 0 Å². The Morgan fingerprint density at radius 1 is 1.18 bits per heavy atom. The van der Waals surface area contributed by atoms with E-state index in [4.69, 9.17) is 4.74 Å². The molecule has 1 aromatic rings. The number of alkyl halides is 2. The molecule has 2 rings (SSSR count).